The van der Waals surface area contributed by atoms with Crippen molar-refractivity contribution in [2.75, 3.05) is 17.7 Å². The summed E-state index contributed by atoms with van der Waals surface area (Å²) in [7, 11) is 1.90. The number of nitrogens with one attached hydrogen (secondary N) is 4. The van der Waals surface area contributed by atoms with E-state index in [-0.39, 0.29) is 5.69 Å². The molecule has 3 aromatic rings. The molecule has 0 radical (unpaired) electrons. The molecule has 5 heteroatoms. The number of rotatable bonds is 4. The van der Waals surface area contributed by atoms with Crippen molar-refractivity contribution in [3.05, 3.63) is 58.5 Å². The van der Waals surface area contributed by atoms with E-state index in [9.17, 15) is 4.79 Å². The van der Waals surface area contributed by atoms with Gasteiger partial charge in [0, 0.05) is 25.0 Å². The summed E-state index contributed by atoms with van der Waals surface area (Å²) >= 11 is 0. The number of aromatic nitrogens is 2. The number of benzene rings is 2. The van der Waals surface area contributed by atoms with Crippen LogP contribution in [0.4, 0.5) is 11.4 Å². The Kier molecular flexibility index (Phi) is 3.16. The Labute approximate surface area is 116 Å². The van der Waals surface area contributed by atoms with Crippen molar-refractivity contribution in [1.82, 2.24) is 9.97 Å². The Bertz CT molecular complexity index is 770. The molecule has 0 aliphatic rings. The van der Waals surface area contributed by atoms with Gasteiger partial charge in [0.05, 0.1) is 11.0 Å². The lowest BCUT2D eigenvalue weighted by Gasteiger charge is -2.07. The highest BCUT2D eigenvalue weighted by Gasteiger charge is 2.00. The van der Waals surface area contributed by atoms with Crippen molar-refractivity contribution in [3.63, 3.8) is 0 Å². The molecule has 0 saturated heterocycles. The summed E-state index contributed by atoms with van der Waals surface area (Å²) in [4.78, 5) is 16.7. The molecule has 2 aromatic carbocycles. The number of fused-ring (bicyclic) bond motifs is 1. The van der Waals surface area contributed by atoms with Crippen molar-refractivity contribution >= 4 is 22.4 Å². The van der Waals surface area contributed by atoms with Gasteiger partial charge in [-0.25, -0.2) is 4.79 Å². The number of hydrogen-bond acceptors (Lipinski definition) is 3. The minimum atomic E-state index is -0.181. The number of imidazole rings is 1. The lowest BCUT2D eigenvalue weighted by atomic mass is 10.2. The predicted octanol–water partition coefficient (Wildman–Crippen LogP) is 2.51. The van der Waals surface area contributed by atoms with Crippen molar-refractivity contribution in [2.24, 2.45) is 0 Å². The normalized spacial score (nSPS) is 10.7. The summed E-state index contributed by atoms with van der Waals surface area (Å²) in [5, 5.41) is 6.44. The number of aromatic amines is 2. The average Bonchev–Trinajstić information content (AvgIpc) is 2.85. The fourth-order valence-corrected chi connectivity index (χ4v) is 2.14. The summed E-state index contributed by atoms with van der Waals surface area (Å²) in [6.07, 6.45) is 0. The van der Waals surface area contributed by atoms with Gasteiger partial charge in [-0.3, -0.25) is 0 Å². The lowest BCUT2D eigenvalue weighted by Crippen LogP contribution is -1.99. The first-order chi connectivity index (χ1) is 9.74. The van der Waals surface area contributed by atoms with E-state index in [0.717, 1.165) is 29.0 Å². The second-order valence-electron chi connectivity index (χ2n) is 4.64. The molecular weight excluding hydrogens is 252 g/mol. The molecule has 4 N–H and O–H groups in total. The van der Waals surface area contributed by atoms with E-state index in [1.54, 1.807) is 0 Å². The van der Waals surface area contributed by atoms with E-state index in [2.05, 4.69) is 32.7 Å². The molecule has 0 fully saturated rings. The highest BCUT2D eigenvalue weighted by atomic mass is 16.1. The first-order valence-corrected chi connectivity index (χ1v) is 6.47. The van der Waals surface area contributed by atoms with Crippen LogP contribution in [0.1, 0.15) is 5.56 Å². The van der Waals surface area contributed by atoms with Gasteiger partial charge in [-0.1, -0.05) is 12.1 Å². The van der Waals surface area contributed by atoms with E-state index in [1.807, 2.05) is 37.4 Å². The van der Waals surface area contributed by atoms with Crippen molar-refractivity contribution in [2.45, 2.75) is 6.54 Å². The Balaban J connectivity index is 1.73. The van der Waals surface area contributed by atoms with Crippen LogP contribution in [0.25, 0.3) is 11.0 Å². The zero-order valence-electron chi connectivity index (χ0n) is 11.2. The molecule has 0 unspecified atom stereocenters. The second kappa shape index (κ2) is 5.13. The Morgan fingerprint density at radius 2 is 1.65 bits per heavy atom. The first kappa shape index (κ1) is 12.3. The summed E-state index contributed by atoms with van der Waals surface area (Å²) in [6.45, 7) is 0.740. The minimum Gasteiger partial charge on any atom is -0.388 e. The lowest BCUT2D eigenvalue weighted by molar-refractivity contribution is 1.15. The maximum Gasteiger partial charge on any atom is 0.323 e. The van der Waals surface area contributed by atoms with Gasteiger partial charge in [0.1, 0.15) is 0 Å². The number of H-pyrrole nitrogens is 2. The molecule has 1 heterocycles. The van der Waals surface area contributed by atoms with Crippen LogP contribution in [0.2, 0.25) is 0 Å². The average molecular weight is 268 g/mol. The fraction of sp³-hybridized carbons (Fsp3) is 0.133. The number of hydrogen-bond donors (Lipinski definition) is 4. The third-order valence-electron chi connectivity index (χ3n) is 3.26. The molecule has 5 nitrogen and oxygen atoms in total. The summed E-state index contributed by atoms with van der Waals surface area (Å²) in [5.74, 6) is 0. The smallest absolute Gasteiger partial charge is 0.323 e. The van der Waals surface area contributed by atoms with Gasteiger partial charge in [0.2, 0.25) is 0 Å². The maximum atomic E-state index is 11.2. The van der Waals surface area contributed by atoms with Crippen molar-refractivity contribution in [1.29, 1.82) is 0 Å². The van der Waals surface area contributed by atoms with Crippen LogP contribution in [0, 0.1) is 0 Å². The van der Waals surface area contributed by atoms with Crippen LogP contribution >= 0.6 is 0 Å². The predicted molar refractivity (Wildman–Crippen MR) is 82.2 cm³/mol. The van der Waals surface area contributed by atoms with Crippen LogP contribution in [0.15, 0.2) is 47.3 Å². The Morgan fingerprint density at radius 3 is 2.40 bits per heavy atom. The molecule has 0 atom stereocenters. The van der Waals surface area contributed by atoms with E-state index < -0.39 is 0 Å². The summed E-state index contributed by atoms with van der Waals surface area (Å²) in [6, 6.07) is 14.0. The van der Waals surface area contributed by atoms with Crippen LogP contribution < -0.4 is 16.3 Å². The Hall–Kier alpha value is -2.69. The van der Waals surface area contributed by atoms with Gasteiger partial charge in [-0.2, -0.15) is 0 Å². The molecule has 0 aliphatic carbocycles. The van der Waals surface area contributed by atoms with Gasteiger partial charge in [0.25, 0.3) is 0 Å². The molecule has 1 aromatic heterocycles. The standard InChI is InChI=1S/C15H16N4O/c1-16-11-4-2-10(3-5-11)9-17-12-6-7-13-14(8-12)19-15(20)18-13/h2-8,16-17H,9H2,1H3,(H2,18,19,20). The van der Waals surface area contributed by atoms with E-state index in [4.69, 9.17) is 0 Å². The molecule has 102 valence electrons. The monoisotopic (exact) mass is 268 g/mol. The minimum absolute atomic E-state index is 0.181. The van der Waals surface area contributed by atoms with Crippen molar-refractivity contribution < 1.29 is 0 Å². The quantitative estimate of drug-likeness (QED) is 0.587. The van der Waals surface area contributed by atoms with Crippen molar-refractivity contribution in [3.8, 4) is 0 Å². The first-order valence-electron chi connectivity index (χ1n) is 6.47. The maximum absolute atomic E-state index is 11.2. The van der Waals surface area contributed by atoms with Gasteiger partial charge in [0.15, 0.2) is 0 Å². The molecule has 0 amide bonds. The SMILES string of the molecule is CNc1ccc(CNc2ccc3[nH]c(=O)[nH]c3c2)cc1. The highest BCUT2D eigenvalue weighted by molar-refractivity contribution is 5.78. The topological polar surface area (TPSA) is 72.7 Å². The molecule has 0 bridgehead atoms. The van der Waals surface area contributed by atoms with Gasteiger partial charge in [-0.05, 0) is 35.9 Å². The second-order valence-corrected chi connectivity index (χ2v) is 4.64. The zero-order valence-corrected chi connectivity index (χ0v) is 11.2. The largest absolute Gasteiger partial charge is 0.388 e. The van der Waals surface area contributed by atoms with E-state index in [0.29, 0.717) is 0 Å². The van der Waals surface area contributed by atoms with Crippen LogP contribution in [-0.2, 0) is 6.54 Å². The van der Waals surface area contributed by atoms with Crippen LogP contribution in [0.5, 0.6) is 0 Å². The van der Waals surface area contributed by atoms with Crippen LogP contribution in [-0.4, -0.2) is 17.0 Å². The third kappa shape index (κ3) is 2.51. The van der Waals surface area contributed by atoms with Gasteiger partial charge < -0.3 is 20.6 Å². The fourth-order valence-electron chi connectivity index (χ4n) is 2.14. The van der Waals surface area contributed by atoms with Gasteiger partial charge in [-0.15, -0.1) is 0 Å². The number of anilines is 2. The summed E-state index contributed by atoms with van der Waals surface area (Å²) in [5.41, 5.74) is 4.72. The Morgan fingerprint density at radius 1 is 0.950 bits per heavy atom. The summed E-state index contributed by atoms with van der Waals surface area (Å²) < 4.78 is 0. The molecule has 0 spiro atoms. The third-order valence-corrected chi connectivity index (χ3v) is 3.26. The molecule has 3 rings (SSSR count). The molecular formula is C15H16N4O. The van der Waals surface area contributed by atoms with E-state index >= 15 is 0 Å². The zero-order chi connectivity index (χ0) is 13.9. The molecule has 20 heavy (non-hydrogen) atoms. The molecule has 0 aliphatic heterocycles. The van der Waals surface area contributed by atoms with Gasteiger partial charge >= 0.3 is 5.69 Å². The van der Waals surface area contributed by atoms with E-state index in [1.165, 1.54) is 5.56 Å². The molecule has 0 saturated carbocycles. The highest BCUT2D eigenvalue weighted by Crippen LogP contribution is 2.16. The van der Waals surface area contributed by atoms with Crippen LogP contribution in [0.3, 0.4) is 0 Å².